The smallest absolute Gasteiger partial charge is 0.319 e. The van der Waals surface area contributed by atoms with Gasteiger partial charge in [0, 0.05) is 30.8 Å². The van der Waals surface area contributed by atoms with Gasteiger partial charge in [-0.15, -0.1) is 0 Å². The molecule has 1 aliphatic carbocycles. The molecular formula is C23H21FN4O4. The molecule has 3 aromatic rings. The molecule has 164 valence electrons. The minimum Gasteiger partial charge on any atom is -0.502 e. The Morgan fingerprint density at radius 3 is 2.78 bits per heavy atom. The SMILES string of the molecule is [C-]#[N+]c1cc2c(Oc3ccc(NC(=O)NC4CC4)c(F)c3)ccnc2cc1OCCOC. The number of aromatic nitrogens is 1. The quantitative estimate of drug-likeness (QED) is 0.382. The van der Waals surface area contributed by atoms with Crippen LogP contribution >= 0.6 is 0 Å². The number of hydrogen-bond acceptors (Lipinski definition) is 5. The van der Waals surface area contributed by atoms with Crippen molar-refractivity contribution < 1.29 is 23.4 Å². The molecule has 2 N–H and O–H groups in total. The molecule has 1 saturated carbocycles. The number of fused-ring (bicyclic) bond motifs is 1. The van der Waals surface area contributed by atoms with Crippen LogP contribution in [0.25, 0.3) is 15.7 Å². The summed E-state index contributed by atoms with van der Waals surface area (Å²) in [5.74, 6) is 0.436. The van der Waals surface area contributed by atoms with Crippen molar-refractivity contribution in [3.63, 3.8) is 0 Å². The second kappa shape index (κ2) is 9.49. The van der Waals surface area contributed by atoms with Crippen LogP contribution in [0.4, 0.5) is 20.6 Å². The first-order valence-corrected chi connectivity index (χ1v) is 10.0. The lowest BCUT2D eigenvalue weighted by Gasteiger charge is -2.13. The number of rotatable bonds is 8. The third-order valence-corrected chi connectivity index (χ3v) is 4.78. The molecule has 1 heterocycles. The molecule has 2 aromatic carbocycles. The Morgan fingerprint density at radius 1 is 1.22 bits per heavy atom. The van der Waals surface area contributed by atoms with Gasteiger partial charge in [0.2, 0.25) is 5.69 Å². The van der Waals surface area contributed by atoms with E-state index in [1.165, 1.54) is 12.1 Å². The zero-order valence-corrected chi connectivity index (χ0v) is 17.4. The summed E-state index contributed by atoms with van der Waals surface area (Å²) in [4.78, 5) is 19.7. The number of halogens is 1. The Labute approximate surface area is 184 Å². The summed E-state index contributed by atoms with van der Waals surface area (Å²) >= 11 is 0. The Balaban J connectivity index is 1.55. The van der Waals surface area contributed by atoms with E-state index in [2.05, 4.69) is 20.5 Å². The van der Waals surface area contributed by atoms with Crippen molar-refractivity contribution in [3.05, 3.63) is 59.8 Å². The fourth-order valence-corrected chi connectivity index (χ4v) is 3.02. The number of ether oxygens (including phenoxy) is 3. The molecule has 9 heteroatoms. The highest BCUT2D eigenvalue weighted by atomic mass is 19.1. The van der Waals surface area contributed by atoms with Crippen LogP contribution in [0.5, 0.6) is 17.2 Å². The van der Waals surface area contributed by atoms with Crippen LogP contribution in [-0.2, 0) is 4.74 Å². The van der Waals surface area contributed by atoms with Gasteiger partial charge in [0.25, 0.3) is 0 Å². The summed E-state index contributed by atoms with van der Waals surface area (Å²) < 4.78 is 31.0. The topological polar surface area (TPSA) is 86.1 Å². The average Bonchev–Trinajstić information content (AvgIpc) is 3.59. The number of methoxy groups -OCH3 is 1. The zero-order chi connectivity index (χ0) is 22.5. The summed E-state index contributed by atoms with van der Waals surface area (Å²) in [6.45, 7) is 8.15. The number of carbonyl (C=O) groups excluding carboxylic acids is 1. The highest BCUT2D eigenvalue weighted by Gasteiger charge is 2.23. The van der Waals surface area contributed by atoms with Crippen molar-refractivity contribution in [3.8, 4) is 17.2 Å². The van der Waals surface area contributed by atoms with Crippen LogP contribution in [0.15, 0.2) is 42.6 Å². The molecule has 2 amide bonds. The third-order valence-electron chi connectivity index (χ3n) is 4.78. The second-order valence-electron chi connectivity index (χ2n) is 7.22. The van der Waals surface area contributed by atoms with Crippen LogP contribution in [0.3, 0.4) is 0 Å². The molecule has 1 aliphatic rings. The van der Waals surface area contributed by atoms with Crippen molar-refractivity contribution in [2.75, 3.05) is 25.6 Å². The first-order chi connectivity index (χ1) is 15.6. The number of benzene rings is 2. The van der Waals surface area contributed by atoms with Gasteiger partial charge < -0.3 is 24.8 Å². The summed E-state index contributed by atoms with van der Waals surface area (Å²) in [6.07, 6.45) is 3.44. The van der Waals surface area contributed by atoms with Crippen molar-refractivity contribution in [1.29, 1.82) is 0 Å². The Morgan fingerprint density at radius 2 is 2.06 bits per heavy atom. The molecule has 0 saturated heterocycles. The number of urea groups is 1. The Bertz CT molecular complexity index is 1190. The van der Waals surface area contributed by atoms with E-state index in [4.69, 9.17) is 20.8 Å². The van der Waals surface area contributed by atoms with E-state index in [1.54, 1.807) is 37.6 Å². The number of amides is 2. The molecule has 0 aliphatic heterocycles. The van der Waals surface area contributed by atoms with Gasteiger partial charge in [-0.2, -0.15) is 0 Å². The minimum atomic E-state index is -0.623. The van der Waals surface area contributed by atoms with E-state index >= 15 is 0 Å². The lowest BCUT2D eigenvalue weighted by molar-refractivity contribution is 0.147. The van der Waals surface area contributed by atoms with E-state index in [9.17, 15) is 9.18 Å². The van der Waals surface area contributed by atoms with Gasteiger partial charge in [-0.3, -0.25) is 4.98 Å². The molecule has 1 aromatic heterocycles. The number of hydrogen-bond donors (Lipinski definition) is 2. The van der Waals surface area contributed by atoms with Gasteiger partial charge in [-0.1, -0.05) is 0 Å². The normalized spacial score (nSPS) is 12.8. The van der Waals surface area contributed by atoms with Crippen molar-refractivity contribution in [1.82, 2.24) is 10.3 Å². The van der Waals surface area contributed by atoms with Crippen LogP contribution in [0, 0.1) is 12.4 Å². The van der Waals surface area contributed by atoms with Crippen molar-refractivity contribution in [2.45, 2.75) is 18.9 Å². The van der Waals surface area contributed by atoms with E-state index in [-0.39, 0.29) is 17.5 Å². The van der Waals surface area contributed by atoms with Crippen LogP contribution < -0.4 is 20.1 Å². The Kier molecular flexibility index (Phi) is 6.33. The minimum absolute atomic E-state index is 0.0585. The van der Waals surface area contributed by atoms with Crippen LogP contribution in [-0.4, -0.2) is 37.4 Å². The summed E-state index contributed by atoms with van der Waals surface area (Å²) in [7, 11) is 1.57. The van der Waals surface area contributed by atoms with Crippen LogP contribution in [0.1, 0.15) is 12.8 Å². The van der Waals surface area contributed by atoms with E-state index in [1.807, 2.05) is 0 Å². The number of carbonyl (C=O) groups is 1. The fourth-order valence-electron chi connectivity index (χ4n) is 3.02. The monoisotopic (exact) mass is 436 g/mol. The molecule has 0 bridgehead atoms. The van der Waals surface area contributed by atoms with Gasteiger partial charge in [-0.05, 0) is 43.2 Å². The predicted octanol–water partition coefficient (Wildman–Crippen LogP) is 5.03. The van der Waals surface area contributed by atoms with Gasteiger partial charge in [-0.25, -0.2) is 14.0 Å². The lowest BCUT2D eigenvalue weighted by Crippen LogP contribution is -2.30. The summed E-state index contributed by atoms with van der Waals surface area (Å²) in [5, 5.41) is 5.82. The number of pyridine rings is 1. The number of nitrogens with zero attached hydrogens (tertiary/aromatic N) is 2. The first kappa shape index (κ1) is 21.3. The maximum atomic E-state index is 14.5. The van der Waals surface area contributed by atoms with Gasteiger partial charge in [0.15, 0.2) is 0 Å². The molecule has 8 nitrogen and oxygen atoms in total. The van der Waals surface area contributed by atoms with E-state index in [0.717, 1.165) is 12.8 Å². The summed E-state index contributed by atoms with van der Waals surface area (Å²) in [5.41, 5.74) is 0.930. The van der Waals surface area contributed by atoms with Gasteiger partial charge >= 0.3 is 6.03 Å². The standard InChI is InChI=1S/C23H21FN4O4/c1-25-20-12-16-19(13-22(20)31-10-9-30-2)26-8-7-21(16)32-15-5-6-18(17(24)11-15)28-23(29)27-14-3-4-14/h5-8,11-14H,3-4,9-10H2,2H3,(H2,27,28,29). The molecule has 4 rings (SSSR count). The largest absolute Gasteiger partial charge is 0.502 e. The third kappa shape index (κ3) is 5.04. The lowest BCUT2D eigenvalue weighted by atomic mass is 10.1. The molecular weight excluding hydrogens is 415 g/mol. The molecule has 1 fully saturated rings. The van der Waals surface area contributed by atoms with Gasteiger partial charge in [0.1, 0.15) is 29.7 Å². The highest BCUT2D eigenvalue weighted by Crippen LogP contribution is 2.37. The summed E-state index contributed by atoms with van der Waals surface area (Å²) in [6, 6.07) is 8.85. The van der Waals surface area contributed by atoms with Crippen molar-refractivity contribution in [2.24, 2.45) is 0 Å². The second-order valence-corrected chi connectivity index (χ2v) is 7.22. The maximum absolute atomic E-state index is 14.5. The molecule has 0 atom stereocenters. The van der Waals surface area contributed by atoms with Crippen LogP contribution in [0.2, 0.25) is 0 Å². The Hall–Kier alpha value is -3.90. The first-order valence-electron chi connectivity index (χ1n) is 10.0. The fraction of sp³-hybridized carbons (Fsp3) is 0.261. The molecule has 0 unspecified atom stereocenters. The van der Waals surface area contributed by atoms with E-state index < -0.39 is 11.8 Å². The average molecular weight is 436 g/mol. The molecule has 0 spiro atoms. The van der Waals surface area contributed by atoms with E-state index in [0.29, 0.717) is 41.3 Å². The highest BCUT2D eigenvalue weighted by molar-refractivity contribution is 5.91. The maximum Gasteiger partial charge on any atom is 0.319 e. The number of anilines is 1. The molecule has 0 radical (unpaired) electrons. The molecule has 32 heavy (non-hydrogen) atoms. The zero-order valence-electron chi connectivity index (χ0n) is 17.4. The van der Waals surface area contributed by atoms with Gasteiger partial charge in [0.05, 0.1) is 24.4 Å². The van der Waals surface area contributed by atoms with Crippen molar-refractivity contribution >= 4 is 28.3 Å². The number of nitrogens with one attached hydrogen (secondary N) is 2. The predicted molar refractivity (Wildman–Crippen MR) is 117 cm³/mol.